The number of aliphatic carboxylic acids is 1. The topological polar surface area (TPSA) is 49.3 Å². The van der Waals surface area contributed by atoms with E-state index in [0.29, 0.717) is 5.56 Å². The van der Waals surface area contributed by atoms with Crippen LogP contribution in [0.4, 0.5) is 23.2 Å². The van der Waals surface area contributed by atoms with Crippen molar-refractivity contribution in [3.8, 4) is 11.1 Å². The minimum atomic E-state index is -5.00. The molecule has 0 atom stereocenters. The number of nitrogens with one attached hydrogen (secondary N) is 1. The van der Waals surface area contributed by atoms with Crippen molar-refractivity contribution >= 4 is 11.7 Å². The predicted octanol–water partition coefficient (Wildman–Crippen LogP) is 4.88. The van der Waals surface area contributed by atoms with E-state index in [-0.39, 0.29) is 23.4 Å². The highest BCUT2D eigenvalue weighted by Gasteiger charge is 2.40. The summed E-state index contributed by atoms with van der Waals surface area (Å²) < 4.78 is 54.9. The summed E-state index contributed by atoms with van der Waals surface area (Å²) in [5.74, 6) is -2.91. The largest absolute Gasteiger partial charge is 0.481 e. The summed E-state index contributed by atoms with van der Waals surface area (Å²) in [5.41, 5.74) is -1.54. The minimum Gasteiger partial charge on any atom is -0.481 e. The first kappa shape index (κ1) is 18.8. The molecule has 0 amide bonds. The molecule has 0 radical (unpaired) electrons. The van der Waals surface area contributed by atoms with Gasteiger partial charge in [0.1, 0.15) is 5.82 Å². The zero-order valence-corrected chi connectivity index (χ0v) is 13.7. The van der Waals surface area contributed by atoms with Gasteiger partial charge in [0, 0.05) is 23.4 Å². The van der Waals surface area contributed by atoms with Crippen LogP contribution in [0.5, 0.6) is 0 Å². The smallest absolute Gasteiger partial charge is 0.419 e. The Balaban J connectivity index is 2.94. The molecule has 0 aliphatic rings. The van der Waals surface area contributed by atoms with Crippen molar-refractivity contribution in [3.05, 3.63) is 52.8 Å². The zero-order valence-electron chi connectivity index (χ0n) is 13.7. The van der Waals surface area contributed by atoms with E-state index in [1.807, 2.05) is 0 Å². The van der Waals surface area contributed by atoms with E-state index in [9.17, 15) is 22.4 Å². The van der Waals surface area contributed by atoms with Gasteiger partial charge in [-0.25, -0.2) is 4.39 Å². The summed E-state index contributed by atoms with van der Waals surface area (Å²) in [6, 6.07) is 8.36. The van der Waals surface area contributed by atoms with Gasteiger partial charge in [-0.2, -0.15) is 13.2 Å². The molecule has 3 nitrogen and oxygen atoms in total. The highest BCUT2D eigenvalue weighted by atomic mass is 19.4. The van der Waals surface area contributed by atoms with Crippen LogP contribution < -0.4 is 5.32 Å². The maximum absolute atomic E-state index is 14.6. The molecule has 7 heteroatoms. The number of hydrogen-bond acceptors (Lipinski definition) is 2. The lowest BCUT2D eigenvalue weighted by Gasteiger charge is -2.23. The Morgan fingerprint density at radius 2 is 1.80 bits per heavy atom. The molecule has 0 spiro atoms. The number of hydrogen-bond donors (Lipinski definition) is 2. The predicted molar refractivity (Wildman–Crippen MR) is 87.1 cm³/mol. The van der Waals surface area contributed by atoms with Crippen molar-refractivity contribution in [2.45, 2.75) is 26.4 Å². The van der Waals surface area contributed by atoms with Crippen LogP contribution >= 0.6 is 0 Å². The van der Waals surface area contributed by atoms with Gasteiger partial charge in [-0.05, 0) is 25.0 Å². The lowest BCUT2D eigenvalue weighted by atomic mass is 9.89. The first-order chi connectivity index (χ1) is 11.7. The van der Waals surface area contributed by atoms with Crippen LogP contribution in [0.1, 0.15) is 23.6 Å². The van der Waals surface area contributed by atoms with Crippen LogP contribution in [0.25, 0.3) is 11.1 Å². The highest BCUT2D eigenvalue weighted by Crippen LogP contribution is 2.44. The Labute approximate surface area is 142 Å². The molecule has 0 fully saturated rings. The van der Waals surface area contributed by atoms with E-state index < -0.39 is 35.5 Å². The molecule has 0 aliphatic carbocycles. The second kappa shape index (κ2) is 7.13. The van der Waals surface area contributed by atoms with Crippen molar-refractivity contribution in [1.82, 2.24) is 0 Å². The molecule has 2 rings (SSSR count). The van der Waals surface area contributed by atoms with Gasteiger partial charge in [-0.15, -0.1) is 0 Å². The molecule has 0 heterocycles. The van der Waals surface area contributed by atoms with Gasteiger partial charge >= 0.3 is 12.1 Å². The fourth-order valence-electron chi connectivity index (χ4n) is 2.85. The van der Waals surface area contributed by atoms with Crippen LogP contribution in [0.15, 0.2) is 30.3 Å². The summed E-state index contributed by atoms with van der Waals surface area (Å²) >= 11 is 0. The molecule has 0 saturated carbocycles. The number of benzene rings is 2. The van der Waals surface area contributed by atoms with E-state index in [2.05, 4.69) is 5.32 Å². The number of halogens is 4. The van der Waals surface area contributed by atoms with Gasteiger partial charge in [0.15, 0.2) is 0 Å². The third-order valence-electron chi connectivity index (χ3n) is 3.80. The quantitative estimate of drug-likeness (QED) is 0.752. The molecule has 0 saturated heterocycles. The first-order valence-electron chi connectivity index (χ1n) is 7.61. The lowest BCUT2D eigenvalue weighted by molar-refractivity contribution is -0.141. The Morgan fingerprint density at radius 1 is 1.20 bits per heavy atom. The number of carboxylic acid groups (broad SMARTS) is 1. The maximum atomic E-state index is 14.6. The SMILES string of the molecule is CCNc1c(CC(=O)O)c(C(F)(F)F)c(F)c(C)c1-c1ccccc1. The molecular formula is C18H17F4NO2. The lowest BCUT2D eigenvalue weighted by Crippen LogP contribution is -2.19. The third kappa shape index (κ3) is 3.75. The van der Waals surface area contributed by atoms with Crippen molar-refractivity contribution in [1.29, 1.82) is 0 Å². The summed E-state index contributed by atoms with van der Waals surface area (Å²) in [6.07, 6.45) is -5.94. The molecule has 0 bridgehead atoms. The Bertz CT molecular complexity index is 786. The van der Waals surface area contributed by atoms with Crippen molar-refractivity contribution in [3.63, 3.8) is 0 Å². The molecule has 2 aromatic rings. The number of carboxylic acids is 1. The van der Waals surface area contributed by atoms with Gasteiger partial charge in [-0.1, -0.05) is 30.3 Å². The number of anilines is 1. The summed E-state index contributed by atoms with van der Waals surface area (Å²) in [6.45, 7) is 3.19. The van der Waals surface area contributed by atoms with E-state index in [1.54, 1.807) is 37.3 Å². The molecule has 0 aliphatic heterocycles. The van der Waals surface area contributed by atoms with E-state index >= 15 is 0 Å². The molecule has 25 heavy (non-hydrogen) atoms. The third-order valence-corrected chi connectivity index (χ3v) is 3.80. The molecular weight excluding hydrogens is 338 g/mol. The Morgan fingerprint density at radius 3 is 2.28 bits per heavy atom. The van der Waals surface area contributed by atoms with Crippen molar-refractivity contribution in [2.75, 3.05) is 11.9 Å². The number of alkyl halides is 3. The summed E-state index contributed by atoms with van der Waals surface area (Å²) in [4.78, 5) is 11.1. The maximum Gasteiger partial charge on any atom is 0.419 e. The second-order valence-electron chi connectivity index (χ2n) is 5.51. The minimum absolute atomic E-state index is 0.00215. The average molecular weight is 355 g/mol. The molecule has 0 unspecified atom stereocenters. The van der Waals surface area contributed by atoms with Gasteiger partial charge in [0.2, 0.25) is 0 Å². The number of rotatable bonds is 5. The van der Waals surface area contributed by atoms with Crippen LogP contribution in [0, 0.1) is 12.7 Å². The van der Waals surface area contributed by atoms with E-state index in [0.717, 1.165) is 0 Å². The molecule has 134 valence electrons. The first-order valence-corrected chi connectivity index (χ1v) is 7.61. The Hall–Kier alpha value is -2.57. The van der Waals surface area contributed by atoms with Gasteiger partial charge < -0.3 is 10.4 Å². The highest BCUT2D eigenvalue weighted by molar-refractivity contribution is 5.87. The average Bonchev–Trinajstić information content (AvgIpc) is 2.51. The molecule has 2 N–H and O–H groups in total. The fraction of sp³-hybridized carbons (Fsp3) is 0.278. The Kier molecular flexibility index (Phi) is 5.35. The van der Waals surface area contributed by atoms with Crippen LogP contribution in [-0.2, 0) is 17.4 Å². The fourth-order valence-corrected chi connectivity index (χ4v) is 2.85. The monoisotopic (exact) mass is 355 g/mol. The van der Waals surface area contributed by atoms with Gasteiger partial charge in [0.25, 0.3) is 0 Å². The van der Waals surface area contributed by atoms with Crippen LogP contribution in [0.2, 0.25) is 0 Å². The van der Waals surface area contributed by atoms with Crippen LogP contribution in [0.3, 0.4) is 0 Å². The zero-order chi connectivity index (χ0) is 18.8. The van der Waals surface area contributed by atoms with E-state index in [1.165, 1.54) is 6.92 Å². The molecule has 2 aromatic carbocycles. The van der Waals surface area contributed by atoms with Gasteiger partial charge in [-0.3, -0.25) is 4.79 Å². The van der Waals surface area contributed by atoms with Crippen molar-refractivity contribution < 1.29 is 27.5 Å². The summed E-state index contributed by atoms with van der Waals surface area (Å²) in [7, 11) is 0. The number of carbonyl (C=O) groups is 1. The van der Waals surface area contributed by atoms with Gasteiger partial charge in [0.05, 0.1) is 12.0 Å². The van der Waals surface area contributed by atoms with Crippen LogP contribution in [-0.4, -0.2) is 17.6 Å². The summed E-state index contributed by atoms with van der Waals surface area (Å²) in [5, 5.41) is 11.9. The molecule has 0 aromatic heterocycles. The standard InChI is InChI=1S/C18H17F4NO2/c1-3-23-17-12(9-13(24)25)15(18(20,21)22)16(19)10(2)14(17)11-7-5-4-6-8-11/h4-8,23H,3,9H2,1-2H3,(H,24,25). The normalized spacial score (nSPS) is 11.4. The second-order valence-corrected chi connectivity index (χ2v) is 5.51. The van der Waals surface area contributed by atoms with E-state index in [4.69, 9.17) is 5.11 Å². The van der Waals surface area contributed by atoms with Crippen molar-refractivity contribution in [2.24, 2.45) is 0 Å².